The highest BCUT2D eigenvalue weighted by atomic mass is 32.2. The van der Waals surface area contributed by atoms with Crippen molar-refractivity contribution in [3.05, 3.63) is 23.2 Å². The summed E-state index contributed by atoms with van der Waals surface area (Å²) in [6.45, 7) is 5.53. The molecule has 0 atom stereocenters. The van der Waals surface area contributed by atoms with E-state index in [4.69, 9.17) is 9.68 Å². The second kappa shape index (κ2) is 5.19. The van der Waals surface area contributed by atoms with Gasteiger partial charge in [0.1, 0.15) is 11.8 Å². The van der Waals surface area contributed by atoms with E-state index >= 15 is 0 Å². The topological polar surface area (TPSA) is 91.4 Å². The highest BCUT2D eigenvalue weighted by Gasteiger charge is 2.38. The van der Waals surface area contributed by atoms with Crippen LogP contribution in [0.1, 0.15) is 42.1 Å². The van der Waals surface area contributed by atoms with Crippen LogP contribution in [0.15, 0.2) is 10.5 Å². The van der Waals surface area contributed by atoms with Crippen molar-refractivity contribution in [2.75, 3.05) is 18.8 Å². The number of nitriles is 1. The van der Waals surface area contributed by atoms with E-state index in [1.807, 2.05) is 6.07 Å². The normalized spacial score (nSPS) is 20.6. The van der Waals surface area contributed by atoms with Crippen molar-refractivity contribution in [2.24, 2.45) is 0 Å². The van der Waals surface area contributed by atoms with Crippen molar-refractivity contribution < 1.29 is 17.6 Å². The van der Waals surface area contributed by atoms with E-state index in [1.165, 1.54) is 11.0 Å². The summed E-state index contributed by atoms with van der Waals surface area (Å²) in [6.07, 6.45) is 0.392. The number of hydrogen-bond donors (Lipinski definition) is 0. The smallest absolute Gasteiger partial charge is 0.257 e. The zero-order valence-corrected chi connectivity index (χ0v) is 13.2. The van der Waals surface area contributed by atoms with Crippen LogP contribution in [-0.4, -0.2) is 42.8 Å². The Kier molecular flexibility index (Phi) is 3.85. The number of carbonyl (C=O) groups excluding carboxylic acids is 1. The number of carbonyl (C=O) groups is 1. The molecule has 0 saturated carbocycles. The molecule has 1 aliphatic rings. The van der Waals surface area contributed by atoms with Crippen molar-refractivity contribution in [1.29, 1.82) is 5.26 Å². The molecule has 7 heteroatoms. The lowest BCUT2D eigenvalue weighted by Crippen LogP contribution is -2.33. The largest absolute Gasteiger partial charge is 0.450 e. The minimum Gasteiger partial charge on any atom is -0.450 e. The molecule has 0 aliphatic carbocycles. The minimum atomic E-state index is -3.23. The SMILES string of the molecule is Cc1oc(C#N)cc1C(=O)N1CCC(C)(C)S(=O)(=O)CC1. The zero-order chi connectivity index (χ0) is 15.8. The molecule has 0 aromatic carbocycles. The van der Waals surface area contributed by atoms with Crippen LogP contribution in [0.4, 0.5) is 0 Å². The standard InChI is InChI=1S/C14H18N2O4S/c1-10-12(8-11(9-15)20-10)13(17)16-5-4-14(2,3)21(18,19)7-6-16/h8H,4-7H2,1-3H3. The molecule has 2 heterocycles. The Labute approximate surface area is 124 Å². The van der Waals surface area contributed by atoms with Crippen LogP contribution in [-0.2, 0) is 9.84 Å². The molecule has 114 valence electrons. The summed E-state index contributed by atoms with van der Waals surface area (Å²) in [7, 11) is -3.23. The van der Waals surface area contributed by atoms with Crippen LogP contribution in [0.2, 0.25) is 0 Å². The average molecular weight is 310 g/mol. The predicted molar refractivity (Wildman–Crippen MR) is 76.5 cm³/mol. The number of aryl methyl sites for hydroxylation is 1. The number of amides is 1. The van der Waals surface area contributed by atoms with Gasteiger partial charge < -0.3 is 9.32 Å². The molecular formula is C14H18N2O4S. The van der Waals surface area contributed by atoms with Gasteiger partial charge in [0.2, 0.25) is 5.76 Å². The van der Waals surface area contributed by atoms with Gasteiger partial charge >= 0.3 is 0 Å². The van der Waals surface area contributed by atoms with Crippen molar-refractivity contribution >= 4 is 15.7 Å². The molecule has 6 nitrogen and oxygen atoms in total. The van der Waals surface area contributed by atoms with E-state index in [9.17, 15) is 13.2 Å². The quantitative estimate of drug-likeness (QED) is 0.784. The Morgan fingerprint density at radius 1 is 1.43 bits per heavy atom. The van der Waals surface area contributed by atoms with E-state index < -0.39 is 14.6 Å². The van der Waals surface area contributed by atoms with E-state index in [1.54, 1.807) is 20.8 Å². The summed E-state index contributed by atoms with van der Waals surface area (Å²) >= 11 is 0. The van der Waals surface area contributed by atoms with Gasteiger partial charge in [-0.15, -0.1) is 0 Å². The first-order valence-electron chi connectivity index (χ1n) is 6.70. The highest BCUT2D eigenvalue weighted by molar-refractivity contribution is 7.92. The first-order valence-corrected chi connectivity index (χ1v) is 8.35. The van der Waals surface area contributed by atoms with E-state index in [-0.39, 0.29) is 24.0 Å². The first kappa shape index (κ1) is 15.6. The van der Waals surface area contributed by atoms with Gasteiger partial charge in [-0.3, -0.25) is 4.79 Å². The maximum Gasteiger partial charge on any atom is 0.257 e. The lowest BCUT2D eigenvalue weighted by Gasteiger charge is -2.22. The fourth-order valence-electron chi connectivity index (χ4n) is 2.30. The van der Waals surface area contributed by atoms with Gasteiger partial charge in [0, 0.05) is 19.2 Å². The fourth-order valence-corrected chi connectivity index (χ4v) is 3.72. The van der Waals surface area contributed by atoms with E-state index in [0.717, 1.165) is 0 Å². The van der Waals surface area contributed by atoms with Crippen molar-refractivity contribution in [3.8, 4) is 6.07 Å². The third kappa shape index (κ3) is 2.81. The van der Waals surface area contributed by atoms with Crippen molar-refractivity contribution in [3.63, 3.8) is 0 Å². The van der Waals surface area contributed by atoms with Crippen LogP contribution < -0.4 is 0 Å². The second-order valence-corrected chi connectivity index (χ2v) is 8.56. The van der Waals surface area contributed by atoms with Crippen LogP contribution in [0.3, 0.4) is 0 Å². The van der Waals surface area contributed by atoms with Crippen molar-refractivity contribution in [1.82, 2.24) is 4.90 Å². The lowest BCUT2D eigenvalue weighted by atomic mass is 10.1. The summed E-state index contributed by atoms with van der Waals surface area (Å²) in [5.41, 5.74) is 0.323. The molecule has 1 fully saturated rings. The van der Waals surface area contributed by atoms with Gasteiger partial charge in [0.15, 0.2) is 9.84 Å². The van der Waals surface area contributed by atoms with E-state index in [2.05, 4.69) is 0 Å². The molecule has 21 heavy (non-hydrogen) atoms. The Balaban J connectivity index is 2.25. The minimum absolute atomic E-state index is 0.0479. The molecule has 0 bridgehead atoms. The van der Waals surface area contributed by atoms with Gasteiger partial charge in [0.05, 0.1) is 16.1 Å². The molecule has 0 unspecified atom stereocenters. The molecular weight excluding hydrogens is 292 g/mol. The number of rotatable bonds is 1. The molecule has 0 radical (unpaired) electrons. The number of furan rings is 1. The van der Waals surface area contributed by atoms with Crippen LogP contribution in [0, 0.1) is 18.3 Å². The number of nitrogens with zero attached hydrogens (tertiary/aromatic N) is 2. The summed E-state index contributed by atoms with van der Waals surface area (Å²) in [5, 5.41) is 8.80. The fraction of sp³-hybridized carbons (Fsp3) is 0.571. The van der Waals surface area contributed by atoms with Crippen LogP contribution >= 0.6 is 0 Å². The van der Waals surface area contributed by atoms with Crippen LogP contribution in [0.5, 0.6) is 0 Å². The Morgan fingerprint density at radius 2 is 2.10 bits per heavy atom. The van der Waals surface area contributed by atoms with Gasteiger partial charge in [-0.05, 0) is 27.2 Å². The summed E-state index contributed by atoms with van der Waals surface area (Å²) in [6, 6.07) is 3.26. The second-order valence-electron chi connectivity index (χ2n) is 5.81. The predicted octanol–water partition coefficient (Wildman–Crippen LogP) is 1.50. The van der Waals surface area contributed by atoms with Crippen LogP contribution in [0.25, 0.3) is 0 Å². The molecule has 0 spiro atoms. The highest BCUT2D eigenvalue weighted by Crippen LogP contribution is 2.26. The Hall–Kier alpha value is -1.81. The molecule has 0 N–H and O–H groups in total. The Morgan fingerprint density at radius 3 is 2.67 bits per heavy atom. The lowest BCUT2D eigenvalue weighted by molar-refractivity contribution is 0.0763. The summed E-state index contributed by atoms with van der Waals surface area (Å²) in [5.74, 6) is 0.125. The number of sulfone groups is 1. The van der Waals surface area contributed by atoms with Gasteiger partial charge in [-0.1, -0.05) is 0 Å². The maximum absolute atomic E-state index is 12.5. The molecule has 1 aromatic heterocycles. The molecule has 1 aromatic rings. The van der Waals surface area contributed by atoms with Gasteiger partial charge in [-0.25, -0.2) is 8.42 Å². The van der Waals surface area contributed by atoms with Gasteiger partial charge in [-0.2, -0.15) is 5.26 Å². The monoisotopic (exact) mass is 310 g/mol. The number of hydrogen-bond acceptors (Lipinski definition) is 5. The molecule has 1 aliphatic heterocycles. The Bertz CT molecular complexity index is 710. The molecule has 1 saturated heterocycles. The molecule has 2 rings (SSSR count). The third-order valence-corrected chi connectivity index (χ3v) is 6.61. The first-order chi connectivity index (χ1) is 9.68. The van der Waals surface area contributed by atoms with Gasteiger partial charge in [0.25, 0.3) is 5.91 Å². The summed E-state index contributed by atoms with van der Waals surface area (Å²) in [4.78, 5) is 14.0. The maximum atomic E-state index is 12.5. The molecule has 1 amide bonds. The summed E-state index contributed by atoms with van der Waals surface area (Å²) < 4.78 is 28.6. The van der Waals surface area contributed by atoms with Crippen molar-refractivity contribution in [2.45, 2.75) is 31.9 Å². The third-order valence-electron chi connectivity index (χ3n) is 4.00. The van der Waals surface area contributed by atoms with E-state index in [0.29, 0.717) is 24.3 Å². The zero-order valence-electron chi connectivity index (χ0n) is 12.3. The average Bonchev–Trinajstić information content (AvgIpc) is 2.74.